The quantitative estimate of drug-likeness (QED) is 0.547. The van der Waals surface area contributed by atoms with Gasteiger partial charge >= 0.3 is 0 Å². The van der Waals surface area contributed by atoms with Gasteiger partial charge in [0.1, 0.15) is 12.2 Å². The molecule has 4 nitrogen and oxygen atoms in total. The van der Waals surface area contributed by atoms with Crippen LogP contribution < -0.4 is 5.32 Å². The van der Waals surface area contributed by atoms with Crippen molar-refractivity contribution in [2.75, 3.05) is 6.54 Å². The summed E-state index contributed by atoms with van der Waals surface area (Å²) in [5.41, 5.74) is 0. The number of rotatable bonds is 1. The van der Waals surface area contributed by atoms with Gasteiger partial charge in [-0.3, -0.25) is 5.10 Å². The van der Waals surface area contributed by atoms with E-state index in [0.29, 0.717) is 6.04 Å². The van der Waals surface area contributed by atoms with E-state index in [9.17, 15) is 0 Å². The number of hydrogen-bond donors (Lipinski definition) is 2. The maximum absolute atomic E-state index is 4.01. The smallest absolute Gasteiger partial charge is 0.141 e. The van der Waals surface area contributed by atoms with Crippen LogP contribution in [0.5, 0.6) is 0 Å². The molecular weight excluding hydrogens is 116 g/mol. The van der Waals surface area contributed by atoms with Gasteiger partial charge in [0.05, 0.1) is 6.04 Å². The summed E-state index contributed by atoms with van der Waals surface area (Å²) in [6.07, 6.45) is 2.71. The molecule has 1 aliphatic rings. The number of nitrogens with zero attached hydrogens (tertiary/aromatic N) is 2. The summed E-state index contributed by atoms with van der Waals surface area (Å²) in [6.45, 7) is 1.10. The highest BCUT2D eigenvalue weighted by molar-refractivity contribution is 4.96. The third-order valence-corrected chi connectivity index (χ3v) is 1.59. The van der Waals surface area contributed by atoms with Crippen molar-refractivity contribution in [3.05, 3.63) is 12.2 Å². The molecule has 0 spiro atoms. The van der Waals surface area contributed by atoms with Crippen molar-refractivity contribution in [1.82, 2.24) is 20.5 Å². The maximum atomic E-state index is 4.01. The van der Waals surface area contributed by atoms with Gasteiger partial charge in [0.15, 0.2) is 0 Å². The summed E-state index contributed by atoms with van der Waals surface area (Å²) in [6, 6.07) is 0.437. The molecule has 0 bridgehead atoms. The normalized spacial score (nSPS) is 25.6. The van der Waals surface area contributed by atoms with Gasteiger partial charge in [-0.2, -0.15) is 5.10 Å². The Morgan fingerprint density at radius 2 is 2.56 bits per heavy atom. The van der Waals surface area contributed by atoms with Crippen LogP contribution in [0, 0.1) is 0 Å². The SMILES string of the molecule is c1n[nH]c(C2CCN2)n1. The molecule has 0 radical (unpaired) electrons. The lowest BCUT2D eigenvalue weighted by atomic mass is 10.1. The Hall–Kier alpha value is -0.900. The molecule has 0 aliphatic carbocycles. The van der Waals surface area contributed by atoms with Crippen LogP contribution in [0.15, 0.2) is 6.33 Å². The Bertz CT molecular complexity index is 177. The van der Waals surface area contributed by atoms with Crippen molar-refractivity contribution < 1.29 is 0 Å². The molecule has 2 N–H and O–H groups in total. The van der Waals surface area contributed by atoms with E-state index in [4.69, 9.17) is 0 Å². The van der Waals surface area contributed by atoms with Crippen LogP contribution in [-0.4, -0.2) is 21.7 Å². The molecule has 9 heavy (non-hydrogen) atoms. The maximum Gasteiger partial charge on any atom is 0.141 e. The monoisotopic (exact) mass is 124 g/mol. The summed E-state index contributed by atoms with van der Waals surface area (Å²) in [5.74, 6) is 0.959. The minimum atomic E-state index is 0.437. The second kappa shape index (κ2) is 1.80. The van der Waals surface area contributed by atoms with Crippen molar-refractivity contribution in [2.45, 2.75) is 12.5 Å². The molecule has 4 heteroatoms. The van der Waals surface area contributed by atoms with Crippen LogP contribution in [0.4, 0.5) is 0 Å². The van der Waals surface area contributed by atoms with Crippen LogP contribution in [-0.2, 0) is 0 Å². The van der Waals surface area contributed by atoms with Gasteiger partial charge in [-0.15, -0.1) is 0 Å². The Morgan fingerprint density at radius 3 is 3.00 bits per heavy atom. The van der Waals surface area contributed by atoms with Crippen molar-refractivity contribution in [3.8, 4) is 0 Å². The zero-order chi connectivity index (χ0) is 6.10. The molecule has 1 atom stereocenters. The molecule has 2 rings (SSSR count). The first kappa shape index (κ1) is 4.93. The first-order chi connectivity index (χ1) is 4.47. The van der Waals surface area contributed by atoms with E-state index in [0.717, 1.165) is 12.4 Å². The third kappa shape index (κ3) is 0.712. The van der Waals surface area contributed by atoms with Crippen LogP contribution in [0.25, 0.3) is 0 Å². The largest absolute Gasteiger partial charge is 0.307 e. The molecule has 2 heterocycles. The zero-order valence-electron chi connectivity index (χ0n) is 4.96. The summed E-state index contributed by atoms with van der Waals surface area (Å²) in [7, 11) is 0. The van der Waals surface area contributed by atoms with Gasteiger partial charge < -0.3 is 5.32 Å². The average molecular weight is 124 g/mol. The van der Waals surface area contributed by atoms with E-state index in [1.54, 1.807) is 0 Å². The van der Waals surface area contributed by atoms with Gasteiger partial charge in [0.25, 0.3) is 0 Å². The van der Waals surface area contributed by atoms with E-state index < -0.39 is 0 Å². The highest BCUT2D eigenvalue weighted by Gasteiger charge is 2.20. The van der Waals surface area contributed by atoms with Crippen LogP contribution in [0.2, 0.25) is 0 Å². The second-order valence-corrected chi connectivity index (χ2v) is 2.17. The van der Waals surface area contributed by atoms with E-state index in [1.807, 2.05) is 0 Å². The van der Waals surface area contributed by atoms with Crippen molar-refractivity contribution in [1.29, 1.82) is 0 Å². The number of nitrogens with one attached hydrogen (secondary N) is 2. The van der Waals surface area contributed by atoms with Crippen LogP contribution >= 0.6 is 0 Å². The Morgan fingerprint density at radius 1 is 1.67 bits per heavy atom. The minimum absolute atomic E-state index is 0.437. The lowest BCUT2D eigenvalue weighted by molar-refractivity contribution is 0.367. The summed E-state index contributed by atoms with van der Waals surface area (Å²) in [5, 5.41) is 9.78. The molecule has 1 aliphatic heterocycles. The highest BCUT2D eigenvalue weighted by atomic mass is 15.2. The third-order valence-electron chi connectivity index (χ3n) is 1.59. The van der Waals surface area contributed by atoms with E-state index in [2.05, 4.69) is 20.5 Å². The van der Waals surface area contributed by atoms with Crippen LogP contribution in [0.1, 0.15) is 18.3 Å². The predicted molar refractivity (Wildman–Crippen MR) is 31.7 cm³/mol. The summed E-state index contributed by atoms with van der Waals surface area (Å²) >= 11 is 0. The first-order valence-electron chi connectivity index (χ1n) is 3.05. The lowest BCUT2D eigenvalue weighted by Crippen LogP contribution is -2.35. The zero-order valence-corrected chi connectivity index (χ0v) is 4.96. The second-order valence-electron chi connectivity index (χ2n) is 2.17. The average Bonchev–Trinajstić information content (AvgIpc) is 2.11. The number of aromatic amines is 1. The van der Waals surface area contributed by atoms with Crippen LogP contribution in [0.3, 0.4) is 0 Å². The van der Waals surface area contributed by atoms with E-state index in [1.165, 1.54) is 12.7 Å². The Labute approximate surface area is 52.7 Å². The fourth-order valence-electron chi connectivity index (χ4n) is 0.905. The van der Waals surface area contributed by atoms with Crippen molar-refractivity contribution in [3.63, 3.8) is 0 Å². The van der Waals surface area contributed by atoms with E-state index in [-0.39, 0.29) is 0 Å². The van der Waals surface area contributed by atoms with Crippen molar-refractivity contribution in [2.24, 2.45) is 0 Å². The standard InChI is InChI=1S/C5H8N4/c1-2-6-4(1)5-7-3-8-9-5/h3-4,6H,1-2H2,(H,7,8,9). The molecule has 1 unspecified atom stereocenters. The van der Waals surface area contributed by atoms with Gasteiger partial charge in [-0.1, -0.05) is 0 Å². The minimum Gasteiger partial charge on any atom is -0.307 e. The fourth-order valence-corrected chi connectivity index (χ4v) is 0.905. The fraction of sp³-hybridized carbons (Fsp3) is 0.600. The van der Waals surface area contributed by atoms with Gasteiger partial charge in [0.2, 0.25) is 0 Å². The highest BCUT2D eigenvalue weighted by Crippen LogP contribution is 2.17. The molecule has 0 aromatic carbocycles. The summed E-state index contributed by atoms with van der Waals surface area (Å²) in [4.78, 5) is 4.01. The molecular formula is C5H8N4. The van der Waals surface area contributed by atoms with Crippen molar-refractivity contribution >= 4 is 0 Å². The van der Waals surface area contributed by atoms with Gasteiger partial charge in [0, 0.05) is 0 Å². The lowest BCUT2D eigenvalue weighted by Gasteiger charge is -2.24. The molecule has 1 aromatic rings. The number of H-pyrrole nitrogens is 1. The topological polar surface area (TPSA) is 53.6 Å². The molecule has 0 amide bonds. The molecule has 48 valence electrons. The Balaban J connectivity index is 2.14. The first-order valence-corrected chi connectivity index (χ1v) is 3.05. The number of aromatic nitrogens is 3. The predicted octanol–water partition coefficient (Wildman–Crippen LogP) is -0.161. The summed E-state index contributed by atoms with van der Waals surface area (Å²) < 4.78 is 0. The Kier molecular flexibility index (Phi) is 0.989. The van der Waals surface area contributed by atoms with E-state index >= 15 is 0 Å². The van der Waals surface area contributed by atoms with Gasteiger partial charge in [-0.05, 0) is 13.0 Å². The molecule has 1 fully saturated rings. The molecule has 0 saturated carbocycles. The van der Waals surface area contributed by atoms with Gasteiger partial charge in [-0.25, -0.2) is 4.98 Å². The number of hydrogen-bond acceptors (Lipinski definition) is 3. The molecule has 1 saturated heterocycles. The molecule has 1 aromatic heterocycles.